The molecule has 0 aromatic heterocycles. The topological polar surface area (TPSA) is 125 Å². The van der Waals surface area contributed by atoms with Gasteiger partial charge in [-0.25, -0.2) is 4.79 Å². The Morgan fingerprint density at radius 1 is 1.47 bits per heavy atom. The molecule has 1 rings (SSSR count). The van der Waals surface area contributed by atoms with Crippen LogP contribution in [-0.2, 0) is 4.74 Å². The van der Waals surface area contributed by atoms with E-state index in [0.29, 0.717) is 0 Å². The average Bonchev–Trinajstić information content (AvgIpc) is 2.33. The number of benzene rings is 1. The second-order valence-corrected chi connectivity index (χ2v) is 3.72. The standard InChI is InChI=1S/C10H10ClN3O5/c11-7-3-1-2-6(8(7)14(17)18)9(15)13-4-5-19-10(12)16/h1-3H,4-5H2,(H2,12,16)(H,13,15). The summed E-state index contributed by atoms with van der Waals surface area (Å²) >= 11 is 5.66. The molecule has 1 aromatic rings. The lowest BCUT2D eigenvalue weighted by Crippen LogP contribution is -2.29. The molecule has 0 saturated heterocycles. The molecule has 102 valence electrons. The lowest BCUT2D eigenvalue weighted by Gasteiger charge is -2.06. The van der Waals surface area contributed by atoms with Gasteiger partial charge >= 0.3 is 11.8 Å². The van der Waals surface area contributed by atoms with Crippen LogP contribution >= 0.6 is 11.6 Å². The molecule has 0 radical (unpaired) electrons. The van der Waals surface area contributed by atoms with Crippen LogP contribution in [0.5, 0.6) is 0 Å². The summed E-state index contributed by atoms with van der Waals surface area (Å²) in [5.41, 5.74) is 4.08. The number of ether oxygens (including phenoxy) is 1. The van der Waals surface area contributed by atoms with Crippen LogP contribution in [0.2, 0.25) is 5.02 Å². The van der Waals surface area contributed by atoms with Crippen molar-refractivity contribution < 1.29 is 19.2 Å². The number of halogens is 1. The van der Waals surface area contributed by atoms with E-state index in [1.54, 1.807) is 0 Å². The summed E-state index contributed by atoms with van der Waals surface area (Å²) in [7, 11) is 0. The van der Waals surface area contributed by atoms with E-state index in [1.807, 2.05) is 0 Å². The Balaban J connectivity index is 2.74. The maximum absolute atomic E-state index is 11.7. The van der Waals surface area contributed by atoms with Gasteiger partial charge in [0, 0.05) is 0 Å². The molecule has 8 nitrogen and oxygen atoms in total. The summed E-state index contributed by atoms with van der Waals surface area (Å²) in [6.45, 7) is -0.152. The molecule has 0 aliphatic heterocycles. The SMILES string of the molecule is NC(=O)OCCNC(=O)c1cccc(Cl)c1[N+](=O)[O-]. The first-order chi connectivity index (χ1) is 8.93. The largest absolute Gasteiger partial charge is 0.448 e. The summed E-state index contributed by atoms with van der Waals surface area (Å²) in [5.74, 6) is -0.692. The van der Waals surface area contributed by atoms with Crippen LogP contribution in [0.1, 0.15) is 10.4 Å². The number of nitrogens with two attached hydrogens (primary N) is 1. The number of carbonyl (C=O) groups excluding carboxylic acids is 2. The monoisotopic (exact) mass is 287 g/mol. The smallest absolute Gasteiger partial charge is 0.404 e. The number of nitro groups is 1. The number of primary amides is 1. The van der Waals surface area contributed by atoms with E-state index in [2.05, 4.69) is 10.1 Å². The molecular weight excluding hydrogens is 278 g/mol. The van der Waals surface area contributed by atoms with E-state index in [9.17, 15) is 19.7 Å². The fourth-order valence-corrected chi connectivity index (χ4v) is 1.54. The number of nitro benzene ring substituents is 1. The third-order valence-electron chi connectivity index (χ3n) is 2.05. The molecule has 0 heterocycles. The molecule has 3 N–H and O–H groups in total. The predicted octanol–water partition coefficient (Wildman–Crippen LogP) is 1.07. The van der Waals surface area contributed by atoms with Crippen LogP contribution < -0.4 is 11.1 Å². The van der Waals surface area contributed by atoms with Crippen molar-refractivity contribution in [1.82, 2.24) is 5.32 Å². The minimum absolute atomic E-state index is 0.0224. The van der Waals surface area contributed by atoms with Crippen molar-refractivity contribution in [2.24, 2.45) is 5.73 Å². The number of rotatable bonds is 5. The zero-order valence-corrected chi connectivity index (χ0v) is 10.3. The molecule has 0 atom stereocenters. The minimum atomic E-state index is -0.969. The minimum Gasteiger partial charge on any atom is -0.448 e. The van der Waals surface area contributed by atoms with E-state index in [0.717, 1.165) is 0 Å². The third-order valence-corrected chi connectivity index (χ3v) is 2.35. The van der Waals surface area contributed by atoms with Crippen molar-refractivity contribution >= 4 is 29.3 Å². The van der Waals surface area contributed by atoms with Crippen molar-refractivity contribution in [1.29, 1.82) is 0 Å². The molecule has 0 spiro atoms. The van der Waals surface area contributed by atoms with Gasteiger partial charge in [-0.1, -0.05) is 17.7 Å². The van der Waals surface area contributed by atoms with Crippen LogP contribution in [0.4, 0.5) is 10.5 Å². The van der Waals surface area contributed by atoms with Crippen molar-refractivity contribution in [3.63, 3.8) is 0 Å². The maximum atomic E-state index is 11.7. The second-order valence-electron chi connectivity index (χ2n) is 3.32. The number of carbonyl (C=O) groups is 2. The van der Waals surface area contributed by atoms with Crippen LogP contribution in [0.3, 0.4) is 0 Å². The lowest BCUT2D eigenvalue weighted by atomic mass is 10.1. The van der Waals surface area contributed by atoms with E-state index < -0.39 is 22.6 Å². The maximum Gasteiger partial charge on any atom is 0.404 e. The van der Waals surface area contributed by atoms with Crippen LogP contribution in [0.25, 0.3) is 0 Å². The summed E-state index contributed by atoms with van der Waals surface area (Å²) in [6, 6.07) is 4.01. The van der Waals surface area contributed by atoms with Gasteiger partial charge in [0.2, 0.25) is 0 Å². The molecule has 0 unspecified atom stereocenters. The molecular formula is C10H10ClN3O5. The van der Waals surface area contributed by atoms with Crippen molar-refractivity contribution in [2.75, 3.05) is 13.2 Å². The van der Waals surface area contributed by atoms with Gasteiger partial charge in [0.05, 0.1) is 11.5 Å². The van der Waals surface area contributed by atoms with E-state index in [-0.39, 0.29) is 23.7 Å². The molecule has 0 saturated carbocycles. The quantitative estimate of drug-likeness (QED) is 0.476. The Bertz CT molecular complexity index is 520. The normalized spacial score (nSPS) is 9.74. The van der Waals surface area contributed by atoms with E-state index in [1.165, 1.54) is 18.2 Å². The highest BCUT2D eigenvalue weighted by molar-refractivity contribution is 6.33. The molecule has 0 aliphatic carbocycles. The molecule has 9 heteroatoms. The lowest BCUT2D eigenvalue weighted by molar-refractivity contribution is -0.385. The van der Waals surface area contributed by atoms with Gasteiger partial charge in [-0.15, -0.1) is 0 Å². The third kappa shape index (κ3) is 4.11. The van der Waals surface area contributed by atoms with Gasteiger partial charge in [0.25, 0.3) is 5.91 Å². The van der Waals surface area contributed by atoms with E-state index in [4.69, 9.17) is 17.3 Å². The predicted molar refractivity (Wildman–Crippen MR) is 66.0 cm³/mol. The number of amides is 2. The van der Waals surface area contributed by atoms with Gasteiger partial charge in [0.1, 0.15) is 17.2 Å². The molecule has 1 aromatic carbocycles. The molecule has 0 fully saturated rings. The first-order valence-corrected chi connectivity index (χ1v) is 5.44. The highest BCUT2D eigenvalue weighted by atomic mass is 35.5. The Hall–Kier alpha value is -2.35. The van der Waals surface area contributed by atoms with Crippen LogP contribution in [-0.4, -0.2) is 30.1 Å². The summed E-state index contributed by atoms with van der Waals surface area (Å²) < 4.78 is 4.39. The Kier molecular flexibility index (Phi) is 5.07. The molecule has 0 bridgehead atoms. The van der Waals surface area contributed by atoms with Gasteiger partial charge in [-0.05, 0) is 12.1 Å². The highest BCUT2D eigenvalue weighted by Gasteiger charge is 2.23. The summed E-state index contributed by atoms with van der Waals surface area (Å²) in [6.07, 6.45) is -0.969. The van der Waals surface area contributed by atoms with Crippen LogP contribution in [0.15, 0.2) is 18.2 Å². The zero-order chi connectivity index (χ0) is 14.4. The van der Waals surface area contributed by atoms with E-state index >= 15 is 0 Å². The van der Waals surface area contributed by atoms with Gasteiger partial charge < -0.3 is 15.8 Å². The Morgan fingerprint density at radius 3 is 2.74 bits per heavy atom. The number of hydrogen-bond donors (Lipinski definition) is 2. The fourth-order valence-electron chi connectivity index (χ4n) is 1.30. The number of nitrogens with zero attached hydrogens (tertiary/aromatic N) is 1. The molecule has 2 amide bonds. The van der Waals surface area contributed by atoms with Crippen LogP contribution in [0, 0.1) is 10.1 Å². The van der Waals surface area contributed by atoms with Gasteiger partial charge in [-0.3, -0.25) is 14.9 Å². The van der Waals surface area contributed by atoms with Crippen molar-refractivity contribution in [3.8, 4) is 0 Å². The highest BCUT2D eigenvalue weighted by Crippen LogP contribution is 2.27. The fraction of sp³-hybridized carbons (Fsp3) is 0.200. The second kappa shape index (κ2) is 6.55. The molecule has 19 heavy (non-hydrogen) atoms. The van der Waals surface area contributed by atoms with Gasteiger partial charge in [0.15, 0.2) is 0 Å². The summed E-state index contributed by atoms with van der Waals surface area (Å²) in [5, 5.41) is 13.0. The molecule has 0 aliphatic rings. The Morgan fingerprint density at radius 2 is 2.16 bits per heavy atom. The Labute approximate surface area is 112 Å². The number of nitrogens with one attached hydrogen (secondary N) is 1. The number of hydrogen-bond acceptors (Lipinski definition) is 5. The zero-order valence-electron chi connectivity index (χ0n) is 9.59. The first-order valence-electron chi connectivity index (χ1n) is 5.07. The first kappa shape index (κ1) is 14.7. The number of para-hydroxylation sites is 1. The van der Waals surface area contributed by atoms with Crippen molar-refractivity contribution in [2.45, 2.75) is 0 Å². The summed E-state index contributed by atoms with van der Waals surface area (Å²) in [4.78, 5) is 32.1. The van der Waals surface area contributed by atoms with Gasteiger partial charge in [-0.2, -0.15) is 0 Å². The average molecular weight is 288 g/mol. The van der Waals surface area contributed by atoms with Crippen molar-refractivity contribution in [3.05, 3.63) is 38.9 Å².